The molecule has 0 aromatic rings. The molecule has 1 atom stereocenters. The number of aliphatic carboxylic acids is 1. The molecule has 3 nitrogen and oxygen atoms in total. The van der Waals surface area contributed by atoms with E-state index in [4.69, 9.17) is 10.8 Å². The fourth-order valence-electron chi connectivity index (χ4n) is 0. The molecule has 0 radical (unpaired) electrons. The van der Waals surface area contributed by atoms with Crippen molar-refractivity contribution >= 4 is 5.97 Å². The van der Waals surface area contributed by atoms with E-state index in [-0.39, 0.29) is 0 Å². The fraction of sp³-hybridized carbons (Fsp3) is 0.800. The van der Waals surface area contributed by atoms with Crippen LogP contribution in [-0.2, 0) is 4.79 Å². The second-order valence-electron chi connectivity index (χ2n) is 1.13. The van der Waals surface area contributed by atoms with Crippen LogP contribution in [-0.4, -0.2) is 17.1 Å². The van der Waals surface area contributed by atoms with Crippen molar-refractivity contribution in [3.05, 3.63) is 0 Å². The average Bonchev–Trinajstić information content (AvgIpc) is 1.72. The first-order chi connectivity index (χ1) is 3.64. The molecule has 0 aliphatic carbocycles. The molecule has 0 aliphatic heterocycles. The Bertz CT molecular complexity index is 61.4. The van der Waals surface area contributed by atoms with Gasteiger partial charge in [0.1, 0.15) is 6.04 Å². The summed E-state index contributed by atoms with van der Waals surface area (Å²) in [5.41, 5.74) is 4.84. The van der Waals surface area contributed by atoms with E-state index in [1.165, 1.54) is 6.92 Å². The molecule has 8 heavy (non-hydrogen) atoms. The molecule has 0 spiro atoms. The Labute approximate surface area is 49.5 Å². The lowest BCUT2D eigenvalue weighted by Gasteiger charge is -1.90. The molecule has 0 rings (SSSR count). The molecule has 0 saturated carbocycles. The van der Waals surface area contributed by atoms with Gasteiger partial charge in [-0.1, -0.05) is 13.8 Å². The smallest absolute Gasteiger partial charge is 0.320 e. The van der Waals surface area contributed by atoms with Crippen molar-refractivity contribution in [1.29, 1.82) is 0 Å². The summed E-state index contributed by atoms with van der Waals surface area (Å²) in [7, 11) is 0. The Balaban J connectivity index is 0. The molecule has 3 heteroatoms. The molecule has 0 heterocycles. The number of rotatable bonds is 1. The molecule has 0 unspecified atom stereocenters. The Morgan fingerprint density at radius 3 is 1.75 bits per heavy atom. The Hall–Kier alpha value is -0.570. The van der Waals surface area contributed by atoms with Crippen LogP contribution in [0.25, 0.3) is 0 Å². The molecule has 0 bridgehead atoms. The Morgan fingerprint density at radius 1 is 1.62 bits per heavy atom. The van der Waals surface area contributed by atoms with Crippen LogP contribution >= 0.6 is 0 Å². The van der Waals surface area contributed by atoms with E-state index in [1.54, 1.807) is 0 Å². The average molecular weight is 119 g/mol. The van der Waals surface area contributed by atoms with Crippen molar-refractivity contribution in [2.45, 2.75) is 26.8 Å². The molecule has 0 fully saturated rings. The summed E-state index contributed by atoms with van der Waals surface area (Å²) in [5, 5.41) is 7.87. The first kappa shape index (κ1) is 10.4. The third-order valence-electron chi connectivity index (χ3n) is 0.390. The predicted octanol–water partition coefficient (Wildman–Crippen LogP) is 0.444. The zero-order valence-electron chi connectivity index (χ0n) is 5.51. The summed E-state index contributed by atoms with van der Waals surface area (Å²) in [5.74, 6) is -0.963. The lowest BCUT2D eigenvalue weighted by atomic mass is 10.4. The maximum Gasteiger partial charge on any atom is 0.320 e. The normalized spacial score (nSPS) is 11.0. The maximum atomic E-state index is 9.57. The van der Waals surface area contributed by atoms with E-state index < -0.39 is 12.0 Å². The van der Waals surface area contributed by atoms with Gasteiger partial charge in [-0.05, 0) is 6.92 Å². The molecule has 0 saturated heterocycles. The van der Waals surface area contributed by atoms with Crippen LogP contribution < -0.4 is 5.73 Å². The van der Waals surface area contributed by atoms with Gasteiger partial charge in [-0.2, -0.15) is 0 Å². The number of nitrogens with two attached hydrogens (primary N) is 1. The van der Waals surface area contributed by atoms with E-state index in [0.29, 0.717) is 0 Å². The Kier molecular flexibility index (Phi) is 8.37. The lowest BCUT2D eigenvalue weighted by Crippen LogP contribution is -2.25. The number of carbonyl (C=O) groups is 1. The standard InChI is InChI=1S/C3H7NO2.C2H6/c1-2(4)3(5)6;1-2/h2H,4H2,1H3,(H,5,6);1-2H3/t2-;/m1./s1. The monoisotopic (exact) mass is 119 g/mol. The van der Waals surface area contributed by atoms with Crippen molar-refractivity contribution < 1.29 is 9.90 Å². The second kappa shape index (κ2) is 6.43. The molecular formula is C5H13NO2. The van der Waals surface area contributed by atoms with E-state index in [0.717, 1.165) is 0 Å². The van der Waals surface area contributed by atoms with Crippen LogP contribution in [0.15, 0.2) is 0 Å². The number of carboxylic acid groups (broad SMARTS) is 1. The summed E-state index contributed by atoms with van der Waals surface area (Å²) >= 11 is 0. The van der Waals surface area contributed by atoms with Gasteiger partial charge in [0.25, 0.3) is 0 Å². The summed E-state index contributed by atoms with van der Waals surface area (Å²) in [6, 6.07) is -0.731. The number of hydrogen-bond acceptors (Lipinski definition) is 2. The van der Waals surface area contributed by atoms with Crippen LogP contribution in [0.4, 0.5) is 0 Å². The van der Waals surface area contributed by atoms with Gasteiger partial charge in [0.2, 0.25) is 0 Å². The second-order valence-corrected chi connectivity index (χ2v) is 1.13. The van der Waals surface area contributed by atoms with Gasteiger partial charge in [-0.25, -0.2) is 0 Å². The van der Waals surface area contributed by atoms with Crippen molar-refractivity contribution in [3.63, 3.8) is 0 Å². The van der Waals surface area contributed by atoms with Gasteiger partial charge in [-0.15, -0.1) is 0 Å². The van der Waals surface area contributed by atoms with Crippen LogP contribution in [0.1, 0.15) is 20.8 Å². The van der Waals surface area contributed by atoms with Crippen LogP contribution in [0, 0.1) is 0 Å². The van der Waals surface area contributed by atoms with Crippen LogP contribution in [0.5, 0.6) is 0 Å². The van der Waals surface area contributed by atoms with Gasteiger partial charge >= 0.3 is 5.97 Å². The van der Waals surface area contributed by atoms with Gasteiger partial charge in [0.05, 0.1) is 0 Å². The predicted molar refractivity (Wildman–Crippen MR) is 32.6 cm³/mol. The minimum atomic E-state index is -0.963. The minimum Gasteiger partial charge on any atom is -0.480 e. The molecule has 3 N–H and O–H groups in total. The molecule has 50 valence electrons. The van der Waals surface area contributed by atoms with Crippen molar-refractivity contribution in [2.24, 2.45) is 5.73 Å². The zero-order valence-corrected chi connectivity index (χ0v) is 5.51. The third-order valence-corrected chi connectivity index (χ3v) is 0.390. The quantitative estimate of drug-likeness (QED) is 0.526. The molecular weight excluding hydrogens is 106 g/mol. The fourth-order valence-corrected chi connectivity index (χ4v) is 0. The zero-order chi connectivity index (χ0) is 7.15. The van der Waals surface area contributed by atoms with E-state index in [9.17, 15) is 4.79 Å². The van der Waals surface area contributed by atoms with E-state index in [1.807, 2.05) is 13.8 Å². The Morgan fingerprint density at radius 2 is 1.75 bits per heavy atom. The SMILES string of the molecule is CC.C[C@@H](N)C(=O)O. The summed E-state index contributed by atoms with van der Waals surface area (Å²) in [6.45, 7) is 5.42. The van der Waals surface area contributed by atoms with Crippen molar-refractivity contribution in [1.82, 2.24) is 0 Å². The summed E-state index contributed by atoms with van der Waals surface area (Å²) < 4.78 is 0. The van der Waals surface area contributed by atoms with E-state index in [2.05, 4.69) is 0 Å². The summed E-state index contributed by atoms with van der Waals surface area (Å²) in [4.78, 5) is 9.57. The minimum absolute atomic E-state index is 0.731. The van der Waals surface area contributed by atoms with Gasteiger partial charge in [-0.3, -0.25) is 4.79 Å². The third kappa shape index (κ3) is 9.06. The lowest BCUT2D eigenvalue weighted by molar-refractivity contribution is -0.138. The van der Waals surface area contributed by atoms with Crippen molar-refractivity contribution in [2.75, 3.05) is 0 Å². The van der Waals surface area contributed by atoms with E-state index >= 15 is 0 Å². The summed E-state index contributed by atoms with van der Waals surface area (Å²) in [6.07, 6.45) is 0. The highest BCUT2D eigenvalue weighted by atomic mass is 16.4. The molecule has 0 amide bonds. The van der Waals surface area contributed by atoms with Gasteiger partial charge in [0.15, 0.2) is 0 Å². The largest absolute Gasteiger partial charge is 0.480 e. The maximum absolute atomic E-state index is 9.57. The first-order valence-electron chi connectivity index (χ1n) is 2.63. The highest BCUT2D eigenvalue weighted by Crippen LogP contribution is 1.68. The number of carboxylic acids is 1. The molecule has 0 aliphatic rings. The van der Waals surface area contributed by atoms with Crippen molar-refractivity contribution in [3.8, 4) is 0 Å². The molecule has 0 aromatic carbocycles. The van der Waals surface area contributed by atoms with Gasteiger partial charge in [0, 0.05) is 0 Å². The highest BCUT2D eigenvalue weighted by molar-refractivity contribution is 5.72. The van der Waals surface area contributed by atoms with Crippen LogP contribution in [0.3, 0.4) is 0 Å². The topological polar surface area (TPSA) is 63.3 Å². The molecule has 0 aromatic heterocycles. The highest BCUT2D eigenvalue weighted by Gasteiger charge is 1.99. The number of hydrogen-bond donors (Lipinski definition) is 2. The van der Waals surface area contributed by atoms with Gasteiger partial charge < -0.3 is 10.8 Å². The van der Waals surface area contributed by atoms with Crippen LogP contribution in [0.2, 0.25) is 0 Å². The first-order valence-corrected chi connectivity index (χ1v) is 2.63.